The molecule has 5 rings (SSSR count). The molecule has 0 bridgehead atoms. The second-order valence-corrected chi connectivity index (χ2v) is 11.0. The summed E-state index contributed by atoms with van der Waals surface area (Å²) in [7, 11) is 0. The van der Waals surface area contributed by atoms with Crippen LogP contribution in [0, 0.1) is 0 Å². The molecule has 1 heterocycles. The average Bonchev–Trinajstić information content (AvgIpc) is 3.38. The zero-order valence-corrected chi connectivity index (χ0v) is 24.0. The Morgan fingerprint density at radius 2 is 1.00 bits per heavy atom. The van der Waals surface area contributed by atoms with Crippen LogP contribution in [0.2, 0.25) is 0 Å². The summed E-state index contributed by atoms with van der Waals surface area (Å²) < 4.78 is 3.94. The van der Waals surface area contributed by atoms with Crippen LogP contribution in [0.4, 0.5) is 0 Å². The van der Waals surface area contributed by atoms with Gasteiger partial charge in [-0.3, -0.25) is 0 Å². The molecule has 0 N–H and O–H groups in total. The molecule has 4 aromatic carbocycles. The number of nitrogens with zero attached hydrogens (tertiary/aromatic N) is 2. The molecule has 1 aliphatic rings. The van der Waals surface area contributed by atoms with Crippen molar-refractivity contribution in [2.24, 2.45) is 0 Å². The van der Waals surface area contributed by atoms with Gasteiger partial charge in [-0.2, -0.15) is 0 Å². The Bertz CT molecular complexity index is 1300. The summed E-state index contributed by atoms with van der Waals surface area (Å²) in [6.07, 6.45) is 11.0. The van der Waals surface area contributed by atoms with Gasteiger partial charge in [-0.05, 0) is 61.1 Å². The van der Waals surface area contributed by atoms with Crippen LogP contribution in [0.5, 0.6) is 0 Å². The van der Waals surface area contributed by atoms with E-state index in [1.165, 1.54) is 50.6 Å². The van der Waals surface area contributed by atoms with Gasteiger partial charge in [0.05, 0.1) is 0 Å². The summed E-state index contributed by atoms with van der Waals surface area (Å²) in [6, 6.07) is 37.9. The molecule has 39 heavy (non-hydrogen) atoms. The van der Waals surface area contributed by atoms with Crippen molar-refractivity contribution in [3.05, 3.63) is 149 Å². The van der Waals surface area contributed by atoms with E-state index >= 15 is 0 Å². The van der Waals surface area contributed by atoms with Gasteiger partial charge in [0.1, 0.15) is 0 Å². The van der Waals surface area contributed by atoms with Gasteiger partial charge in [0, 0.05) is 23.3 Å². The third kappa shape index (κ3) is 8.47. The first-order valence-corrected chi connectivity index (χ1v) is 14.9. The molecule has 0 radical (unpaired) electrons. The Kier molecular flexibility index (Phi) is 11.1. The van der Waals surface area contributed by atoms with Gasteiger partial charge >= 0.3 is 84.2 Å². The minimum atomic E-state index is 0.845. The van der Waals surface area contributed by atoms with E-state index < -0.39 is 0 Å². The molecule has 0 atom stereocenters. The van der Waals surface area contributed by atoms with Crippen LogP contribution in [0.3, 0.4) is 0 Å². The third-order valence-electron chi connectivity index (χ3n) is 6.55. The van der Waals surface area contributed by atoms with E-state index in [0.717, 1.165) is 35.4 Å². The molecular weight excluding hydrogens is 519 g/mol. The molecule has 0 fully saturated rings. The van der Waals surface area contributed by atoms with Crippen LogP contribution < -0.4 is 9.07 Å². The van der Waals surface area contributed by atoms with E-state index in [1.807, 2.05) is 24.3 Å². The molecule has 0 unspecified atom stereocenters. The maximum absolute atomic E-state index is 10.8. The molecule has 0 spiro atoms. The Morgan fingerprint density at radius 3 is 1.41 bits per heavy atom. The summed E-state index contributed by atoms with van der Waals surface area (Å²) in [5.74, 6) is 0. The van der Waals surface area contributed by atoms with Crippen molar-refractivity contribution in [3.8, 4) is 0 Å². The predicted molar refractivity (Wildman–Crippen MR) is 162 cm³/mol. The van der Waals surface area contributed by atoms with Gasteiger partial charge in [-0.25, -0.2) is 4.70 Å². The summed E-state index contributed by atoms with van der Waals surface area (Å²) in [4.78, 5) is 0. The number of hydrogen-bond acceptors (Lipinski definition) is 0. The van der Waals surface area contributed by atoms with E-state index in [0.29, 0.717) is 0 Å². The topological polar surface area (TPSA) is 25.3 Å². The fraction of sp³-hybridized carbons (Fsp3) is 0.222. The normalized spacial score (nSPS) is 12.5. The van der Waals surface area contributed by atoms with E-state index in [2.05, 4.69) is 111 Å². The van der Waals surface area contributed by atoms with Gasteiger partial charge in [0.2, 0.25) is 11.4 Å². The van der Waals surface area contributed by atoms with Crippen molar-refractivity contribution in [2.75, 3.05) is 0 Å². The number of allylic oxidation sites excluding steroid dienone is 2. The van der Waals surface area contributed by atoms with Crippen molar-refractivity contribution < 1.29 is 19.1 Å². The SMILES string of the molecule is CCCCc1cccc(C2=CC=C(c3cccc(CCCC)c3)[N+]2=[N-])c1.c1cc[c]([Ni][c]2ccccc2)cc1. The molecule has 1 aliphatic heterocycles. The average molecular weight is 557 g/mol. The zero-order chi connectivity index (χ0) is 27.3. The van der Waals surface area contributed by atoms with E-state index in [9.17, 15) is 5.53 Å². The monoisotopic (exact) mass is 556 g/mol. The number of aryl methyl sites for hydroxylation is 2. The second-order valence-electron chi connectivity index (χ2n) is 9.62. The Labute approximate surface area is 240 Å². The van der Waals surface area contributed by atoms with Gasteiger partial charge in [0.25, 0.3) is 0 Å². The van der Waals surface area contributed by atoms with Gasteiger partial charge in [0.15, 0.2) is 0 Å². The number of hydrogen-bond donors (Lipinski definition) is 0. The van der Waals surface area contributed by atoms with Crippen LogP contribution in [-0.4, -0.2) is 4.70 Å². The second kappa shape index (κ2) is 15.1. The zero-order valence-electron chi connectivity index (χ0n) is 23.0. The molecule has 0 saturated carbocycles. The maximum atomic E-state index is 10.8. The van der Waals surface area contributed by atoms with Gasteiger partial charge in [-0.15, -0.1) is 0 Å². The summed E-state index contributed by atoms with van der Waals surface area (Å²) >= 11 is 1.60. The third-order valence-corrected chi connectivity index (χ3v) is 7.78. The van der Waals surface area contributed by atoms with Crippen molar-refractivity contribution >= 4 is 20.5 Å². The summed E-state index contributed by atoms with van der Waals surface area (Å²) in [6.45, 7) is 4.42. The fourth-order valence-electron chi connectivity index (χ4n) is 4.42. The first kappa shape index (κ1) is 28.5. The molecular formula is C36H38N2Ni. The Morgan fingerprint density at radius 1 is 0.564 bits per heavy atom. The van der Waals surface area contributed by atoms with E-state index in [1.54, 1.807) is 14.4 Å². The van der Waals surface area contributed by atoms with E-state index in [4.69, 9.17) is 0 Å². The van der Waals surface area contributed by atoms with Crippen LogP contribution in [0.15, 0.2) is 121 Å². The van der Waals surface area contributed by atoms with Gasteiger partial charge < -0.3 is 5.53 Å². The number of rotatable bonds is 10. The Hall–Kier alpha value is -3.55. The van der Waals surface area contributed by atoms with Gasteiger partial charge in [-0.1, -0.05) is 51.0 Å². The summed E-state index contributed by atoms with van der Waals surface area (Å²) in [5, 5.41) is 0. The molecule has 0 amide bonds. The number of benzene rings is 4. The quantitative estimate of drug-likeness (QED) is 0.138. The standard InChI is InChI=1S/C24H28N2.2C6H5.Ni/c1-3-5-9-19-11-7-13-21(17-19)23-15-16-24(26(23)25)22-14-8-12-20(18-22)10-6-4-2;2*1-2-4-6-5-3-1;/h7-8,11-18H,3-6,9-10H2,1-2H3;2*1-5H;. The van der Waals surface area contributed by atoms with Crippen molar-refractivity contribution in [1.82, 2.24) is 0 Å². The van der Waals surface area contributed by atoms with Crippen LogP contribution in [-0.2, 0) is 27.3 Å². The van der Waals surface area contributed by atoms with Crippen molar-refractivity contribution in [2.45, 2.75) is 52.4 Å². The molecule has 0 aromatic heterocycles. The number of unbranched alkanes of at least 4 members (excludes halogenated alkanes) is 2. The molecule has 0 aliphatic carbocycles. The van der Waals surface area contributed by atoms with Crippen LogP contribution in [0.25, 0.3) is 16.9 Å². The summed E-state index contributed by atoms with van der Waals surface area (Å²) in [5.41, 5.74) is 17.3. The van der Waals surface area contributed by atoms with Crippen molar-refractivity contribution in [1.29, 1.82) is 0 Å². The van der Waals surface area contributed by atoms with Crippen molar-refractivity contribution in [3.63, 3.8) is 0 Å². The molecule has 2 nitrogen and oxygen atoms in total. The molecule has 4 aromatic rings. The first-order chi connectivity index (χ1) is 19.2. The minimum absolute atomic E-state index is 0.845. The molecule has 202 valence electrons. The van der Waals surface area contributed by atoms with E-state index in [-0.39, 0.29) is 0 Å². The van der Waals surface area contributed by atoms with Crippen LogP contribution in [0.1, 0.15) is 61.8 Å². The van der Waals surface area contributed by atoms with Crippen LogP contribution >= 0.6 is 0 Å². The Balaban J connectivity index is 0.000000226. The predicted octanol–water partition coefficient (Wildman–Crippen LogP) is 8.52. The molecule has 3 heteroatoms. The fourth-order valence-corrected chi connectivity index (χ4v) is 5.45. The first-order valence-electron chi connectivity index (χ1n) is 14.0. The molecule has 0 saturated heterocycles.